The third kappa shape index (κ3) is 9.48. The number of carbonyl (C=O) groups excluding carboxylic acids is 1. The normalized spacial score (nSPS) is 18.6. The lowest BCUT2D eigenvalue weighted by Gasteiger charge is -2.31. The molecule has 10 nitrogen and oxygen atoms in total. The van der Waals surface area contributed by atoms with Crippen LogP contribution < -0.4 is 10.0 Å². The Bertz CT molecular complexity index is 952. The first kappa shape index (κ1) is 30.8. The summed E-state index contributed by atoms with van der Waals surface area (Å²) in [6.07, 6.45) is 12.8. The minimum Gasteiger partial charge on any atom is -0.331 e. The smallest absolute Gasteiger partial charge is 0.317 e. The second kappa shape index (κ2) is 15.2. The predicted molar refractivity (Wildman–Crippen MR) is 151 cm³/mol. The average molecular weight is 554 g/mol. The van der Waals surface area contributed by atoms with Gasteiger partial charge in [-0.1, -0.05) is 65.2 Å². The van der Waals surface area contributed by atoms with Gasteiger partial charge in [0.1, 0.15) is 5.82 Å². The second-order valence-corrected chi connectivity index (χ2v) is 13.1. The number of carbonyl (C=O) groups is 1. The number of aromatic nitrogens is 3. The summed E-state index contributed by atoms with van der Waals surface area (Å²) < 4.78 is 30.8. The molecule has 2 aliphatic rings. The summed E-state index contributed by atoms with van der Waals surface area (Å²) in [4.78, 5) is 21.5. The van der Waals surface area contributed by atoms with Crippen LogP contribution in [0.25, 0.3) is 0 Å². The van der Waals surface area contributed by atoms with Gasteiger partial charge in [0, 0.05) is 20.1 Å². The number of nitrogens with zero attached hydrogens (tertiary/aromatic N) is 5. The van der Waals surface area contributed by atoms with Crippen LogP contribution in [0.3, 0.4) is 0 Å². The monoisotopic (exact) mass is 553 g/mol. The van der Waals surface area contributed by atoms with Crippen LogP contribution in [0.4, 0.5) is 4.79 Å². The zero-order valence-corrected chi connectivity index (χ0v) is 24.9. The van der Waals surface area contributed by atoms with Crippen LogP contribution in [0, 0.1) is 5.92 Å². The molecule has 2 saturated carbocycles. The highest BCUT2D eigenvalue weighted by Crippen LogP contribution is 2.31. The van der Waals surface area contributed by atoms with E-state index in [2.05, 4.69) is 33.9 Å². The van der Waals surface area contributed by atoms with E-state index in [-0.39, 0.29) is 24.4 Å². The molecule has 2 aliphatic carbocycles. The van der Waals surface area contributed by atoms with Gasteiger partial charge in [-0.2, -0.15) is 5.10 Å². The van der Waals surface area contributed by atoms with E-state index in [1.807, 2.05) is 11.9 Å². The van der Waals surface area contributed by atoms with Crippen molar-refractivity contribution < 1.29 is 13.2 Å². The molecule has 2 N–H and O–H groups in total. The molecule has 0 bridgehead atoms. The number of amides is 2. The summed E-state index contributed by atoms with van der Waals surface area (Å²) in [5.41, 5.74) is 0. The molecule has 1 aromatic heterocycles. The fraction of sp³-hybridized carbons (Fsp3) is 0.889. The second-order valence-electron chi connectivity index (χ2n) is 11.2. The molecule has 11 heteroatoms. The van der Waals surface area contributed by atoms with Gasteiger partial charge >= 0.3 is 6.03 Å². The summed E-state index contributed by atoms with van der Waals surface area (Å²) in [5, 5.41) is 7.60. The van der Waals surface area contributed by atoms with E-state index in [9.17, 15) is 13.2 Å². The molecule has 0 aromatic carbocycles. The van der Waals surface area contributed by atoms with Crippen molar-refractivity contribution in [2.24, 2.45) is 13.0 Å². The molecule has 0 spiro atoms. The Morgan fingerprint density at radius 3 is 2.32 bits per heavy atom. The first-order valence-corrected chi connectivity index (χ1v) is 16.5. The zero-order chi connectivity index (χ0) is 27.5. The first-order chi connectivity index (χ1) is 18.2. The number of hydrogen-bond donors (Lipinski definition) is 2. The van der Waals surface area contributed by atoms with Crippen molar-refractivity contribution in [3.63, 3.8) is 0 Å². The fourth-order valence-corrected chi connectivity index (χ4v) is 7.17. The Hall–Kier alpha value is -1.72. The number of nitrogens with one attached hydrogen (secondary N) is 2. The summed E-state index contributed by atoms with van der Waals surface area (Å²) in [6.45, 7) is 7.05. The molecular formula is C27H51N7O3S. The average Bonchev–Trinajstić information content (AvgIpc) is 3.30. The lowest BCUT2D eigenvalue weighted by Crippen LogP contribution is -2.44. The lowest BCUT2D eigenvalue weighted by atomic mass is 9.85. The Labute approximate surface area is 230 Å². The molecule has 0 saturated heterocycles. The molecule has 0 radical (unpaired) electrons. The quantitative estimate of drug-likeness (QED) is 0.361. The molecule has 2 amide bonds. The lowest BCUT2D eigenvalue weighted by molar-refractivity contribution is 0.173. The van der Waals surface area contributed by atoms with Gasteiger partial charge in [-0.25, -0.2) is 22.9 Å². The van der Waals surface area contributed by atoms with Crippen LogP contribution >= 0.6 is 0 Å². The van der Waals surface area contributed by atoms with E-state index in [0.29, 0.717) is 30.4 Å². The number of urea groups is 1. The molecule has 1 heterocycles. The van der Waals surface area contributed by atoms with E-state index >= 15 is 0 Å². The largest absolute Gasteiger partial charge is 0.331 e. The molecule has 0 aliphatic heterocycles. The van der Waals surface area contributed by atoms with Crippen molar-refractivity contribution >= 4 is 16.1 Å². The van der Waals surface area contributed by atoms with Crippen molar-refractivity contribution in [1.82, 2.24) is 34.6 Å². The first-order valence-electron chi connectivity index (χ1n) is 14.8. The Kier molecular flexibility index (Phi) is 12.3. The summed E-state index contributed by atoms with van der Waals surface area (Å²) in [7, 11) is 0.181. The number of sulfonamides is 1. The Balaban J connectivity index is 1.65. The van der Waals surface area contributed by atoms with Crippen LogP contribution in [0.5, 0.6) is 0 Å². The standard InChI is InChI=1S/C27H51N7O3S/c1-5-34(6-2)18-13-19-38(36,37)31-24(20-22-14-9-7-10-15-22)26-29-25(33(4)30-26)21-28-27(35)32(3)23-16-11-8-12-17-23/h22-24,31H,5-21H2,1-4H3,(H,28,35)/t24-/m1/s1. The van der Waals surface area contributed by atoms with Gasteiger partial charge in [0.2, 0.25) is 10.0 Å². The maximum absolute atomic E-state index is 13.1. The Morgan fingerprint density at radius 1 is 1.05 bits per heavy atom. The number of rotatable bonds is 14. The van der Waals surface area contributed by atoms with E-state index in [1.165, 1.54) is 38.5 Å². The molecular weight excluding hydrogens is 502 g/mol. The molecule has 2 fully saturated rings. The van der Waals surface area contributed by atoms with E-state index in [4.69, 9.17) is 4.98 Å². The van der Waals surface area contributed by atoms with Crippen LogP contribution in [0.1, 0.15) is 109 Å². The van der Waals surface area contributed by atoms with E-state index < -0.39 is 16.1 Å². The molecule has 218 valence electrons. The van der Waals surface area contributed by atoms with Crippen molar-refractivity contribution in [3.8, 4) is 0 Å². The summed E-state index contributed by atoms with van der Waals surface area (Å²) in [5.74, 6) is 1.67. The molecule has 1 aromatic rings. The van der Waals surface area contributed by atoms with E-state index in [1.54, 1.807) is 11.7 Å². The maximum atomic E-state index is 13.1. The van der Waals surface area contributed by atoms with E-state index in [0.717, 1.165) is 45.3 Å². The number of aryl methyl sites for hydroxylation is 1. The summed E-state index contributed by atoms with van der Waals surface area (Å²) >= 11 is 0. The van der Waals surface area contributed by atoms with Gasteiger partial charge < -0.3 is 15.1 Å². The molecule has 3 rings (SSSR count). The van der Waals surface area contributed by atoms with Crippen molar-refractivity contribution in [2.45, 2.75) is 110 Å². The number of hydrogen-bond acceptors (Lipinski definition) is 6. The topological polar surface area (TPSA) is 112 Å². The zero-order valence-electron chi connectivity index (χ0n) is 24.1. The van der Waals surface area contributed by atoms with Gasteiger partial charge in [-0.15, -0.1) is 0 Å². The maximum Gasteiger partial charge on any atom is 0.317 e. The molecule has 38 heavy (non-hydrogen) atoms. The molecule has 1 atom stereocenters. The van der Waals surface area contributed by atoms with Crippen LogP contribution in [-0.4, -0.2) is 77.5 Å². The van der Waals surface area contributed by atoms with Crippen molar-refractivity contribution in [2.75, 3.05) is 32.4 Å². The SMILES string of the molecule is CCN(CC)CCCS(=O)(=O)N[C@H](CC1CCCCC1)c1nc(CNC(=O)N(C)C2CCCCC2)n(C)n1. The third-order valence-electron chi connectivity index (χ3n) is 8.42. The van der Waals surface area contributed by atoms with Gasteiger partial charge in [0.25, 0.3) is 0 Å². The predicted octanol–water partition coefficient (Wildman–Crippen LogP) is 3.95. The third-order valence-corrected chi connectivity index (χ3v) is 9.89. The van der Waals surface area contributed by atoms with Crippen molar-refractivity contribution in [1.29, 1.82) is 0 Å². The van der Waals surface area contributed by atoms with Gasteiger partial charge in [0.05, 0.1) is 18.3 Å². The summed E-state index contributed by atoms with van der Waals surface area (Å²) in [6, 6.07) is -0.277. The fourth-order valence-electron chi connectivity index (χ4n) is 5.91. The van der Waals surface area contributed by atoms with Crippen LogP contribution in [0.15, 0.2) is 0 Å². The highest BCUT2D eigenvalue weighted by atomic mass is 32.2. The van der Waals surface area contributed by atoms with Crippen LogP contribution in [-0.2, 0) is 23.6 Å². The van der Waals surface area contributed by atoms with Gasteiger partial charge in [0.15, 0.2) is 5.82 Å². The minimum absolute atomic E-state index is 0.0912. The van der Waals surface area contributed by atoms with Gasteiger partial charge in [-0.3, -0.25) is 4.68 Å². The highest BCUT2D eigenvalue weighted by molar-refractivity contribution is 7.89. The van der Waals surface area contributed by atoms with Crippen molar-refractivity contribution in [3.05, 3.63) is 11.6 Å². The molecule has 0 unspecified atom stereocenters. The Morgan fingerprint density at radius 2 is 1.68 bits per heavy atom. The van der Waals surface area contributed by atoms with Gasteiger partial charge in [-0.05, 0) is 51.2 Å². The highest BCUT2D eigenvalue weighted by Gasteiger charge is 2.28. The minimum atomic E-state index is -3.49. The van der Waals surface area contributed by atoms with Crippen LogP contribution in [0.2, 0.25) is 0 Å².